The first-order valence-electron chi connectivity index (χ1n) is 4.92. The van der Waals surface area contributed by atoms with E-state index in [1.54, 1.807) is 7.11 Å². The molecular formula is C9H19ClN2O3. The van der Waals surface area contributed by atoms with Gasteiger partial charge in [-0.25, -0.2) is 0 Å². The Bertz CT molecular complexity index is 175. The normalized spacial score (nSPS) is 20.5. The largest absolute Gasteiger partial charge is 0.385 e. The van der Waals surface area contributed by atoms with E-state index in [1.165, 1.54) is 0 Å². The average molecular weight is 239 g/mol. The predicted octanol–water partition coefficient (Wildman–Crippen LogP) is -0.451. The van der Waals surface area contributed by atoms with Crippen LogP contribution in [0.1, 0.15) is 6.42 Å². The number of halogens is 1. The Balaban J connectivity index is 0.00000196. The van der Waals surface area contributed by atoms with E-state index in [2.05, 4.69) is 10.6 Å². The van der Waals surface area contributed by atoms with Gasteiger partial charge < -0.3 is 20.1 Å². The Morgan fingerprint density at radius 3 is 3.07 bits per heavy atom. The van der Waals surface area contributed by atoms with E-state index in [9.17, 15) is 4.79 Å². The number of amides is 1. The summed E-state index contributed by atoms with van der Waals surface area (Å²) in [5.74, 6) is 0.0146. The molecule has 0 radical (unpaired) electrons. The molecule has 5 nitrogen and oxygen atoms in total. The third-order valence-corrected chi connectivity index (χ3v) is 2.06. The van der Waals surface area contributed by atoms with Gasteiger partial charge in [0, 0.05) is 26.8 Å². The van der Waals surface area contributed by atoms with Crippen molar-refractivity contribution >= 4 is 18.3 Å². The van der Waals surface area contributed by atoms with Gasteiger partial charge in [0.1, 0.15) is 6.04 Å². The van der Waals surface area contributed by atoms with Crippen LogP contribution in [0, 0.1) is 0 Å². The maximum Gasteiger partial charge on any atom is 0.239 e. The van der Waals surface area contributed by atoms with Crippen LogP contribution in [0.4, 0.5) is 0 Å². The third kappa shape index (κ3) is 5.94. The van der Waals surface area contributed by atoms with Gasteiger partial charge in [0.15, 0.2) is 0 Å². The molecule has 1 aliphatic heterocycles. The van der Waals surface area contributed by atoms with Gasteiger partial charge in [-0.3, -0.25) is 4.79 Å². The molecule has 1 unspecified atom stereocenters. The smallest absolute Gasteiger partial charge is 0.239 e. The van der Waals surface area contributed by atoms with Gasteiger partial charge in [0.05, 0.1) is 13.2 Å². The highest BCUT2D eigenvalue weighted by molar-refractivity contribution is 5.85. The van der Waals surface area contributed by atoms with Gasteiger partial charge in [-0.15, -0.1) is 12.4 Å². The molecule has 0 spiro atoms. The summed E-state index contributed by atoms with van der Waals surface area (Å²) in [4.78, 5) is 11.5. The van der Waals surface area contributed by atoms with Crippen molar-refractivity contribution in [2.75, 3.05) is 40.0 Å². The fraction of sp³-hybridized carbons (Fsp3) is 0.889. The van der Waals surface area contributed by atoms with Crippen molar-refractivity contribution in [2.45, 2.75) is 12.5 Å². The minimum absolute atomic E-state index is 0. The molecule has 1 rings (SSSR count). The highest BCUT2D eigenvalue weighted by Gasteiger charge is 2.20. The van der Waals surface area contributed by atoms with Gasteiger partial charge in [-0.05, 0) is 6.42 Å². The highest BCUT2D eigenvalue weighted by Crippen LogP contribution is 1.92. The Hall–Kier alpha value is -0.360. The number of methoxy groups -OCH3 is 1. The Kier molecular flexibility index (Phi) is 8.70. The van der Waals surface area contributed by atoms with Crippen molar-refractivity contribution in [3.8, 4) is 0 Å². The van der Waals surface area contributed by atoms with E-state index >= 15 is 0 Å². The second-order valence-electron chi connectivity index (χ2n) is 3.22. The number of carbonyl (C=O) groups excluding carboxylic acids is 1. The van der Waals surface area contributed by atoms with E-state index in [-0.39, 0.29) is 24.4 Å². The maximum absolute atomic E-state index is 11.5. The summed E-state index contributed by atoms with van der Waals surface area (Å²) in [6.07, 6.45) is 0.843. The van der Waals surface area contributed by atoms with Crippen LogP contribution in [0.2, 0.25) is 0 Å². The second kappa shape index (κ2) is 8.91. The van der Waals surface area contributed by atoms with Gasteiger partial charge in [0.2, 0.25) is 5.91 Å². The minimum Gasteiger partial charge on any atom is -0.385 e. The maximum atomic E-state index is 11.5. The number of carbonyl (C=O) groups is 1. The first-order chi connectivity index (χ1) is 6.84. The molecule has 1 amide bonds. The lowest BCUT2D eigenvalue weighted by Crippen LogP contribution is -2.51. The molecule has 0 aromatic heterocycles. The summed E-state index contributed by atoms with van der Waals surface area (Å²) in [7, 11) is 1.65. The Morgan fingerprint density at radius 2 is 2.47 bits per heavy atom. The van der Waals surface area contributed by atoms with Crippen molar-refractivity contribution in [3.63, 3.8) is 0 Å². The van der Waals surface area contributed by atoms with E-state index in [0.717, 1.165) is 13.0 Å². The average Bonchev–Trinajstić information content (AvgIpc) is 2.25. The van der Waals surface area contributed by atoms with Crippen LogP contribution in [0.3, 0.4) is 0 Å². The zero-order chi connectivity index (χ0) is 10.2. The standard InChI is InChI=1S/C9H18N2O3.ClH/c1-13-5-2-3-11-9(12)8-7-14-6-4-10-8;/h8,10H,2-7H2,1H3,(H,11,12);1H. The zero-order valence-corrected chi connectivity index (χ0v) is 9.77. The number of rotatable bonds is 5. The first-order valence-corrected chi connectivity index (χ1v) is 4.92. The van der Waals surface area contributed by atoms with Crippen molar-refractivity contribution in [2.24, 2.45) is 0 Å². The molecule has 0 aromatic rings. The van der Waals surface area contributed by atoms with Crippen LogP contribution < -0.4 is 10.6 Å². The third-order valence-electron chi connectivity index (χ3n) is 2.06. The monoisotopic (exact) mass is 238 g/mol. The highest BCUT2D eigenvalue weighted by atomic mass is 35.5. The van der Waals surface area contributed by atoms with Gasteiger partial charge >= 0.3 is 0 Å². The van der Waals surface area contributed by atoms with Crippen LogP contribution in [0.25, 0.3) is 0 Å². The van der Waals surface area contributed by atoms with Crippen molar-refractivity contribution in [1.82, 2.24) is 10.6 Å². The predicted molar refractivity (Wildman–Crippen MR) is 59.4 cm³/mol. The van der Waals surface area contributed by atoms with Gasteiger partial charge in [0.25, 0.3) is 0 Å². The summed E-state index contributed by atoms with van der Waals surface area (Å²) >= 11 is 0. The molecule has 0 saturated carbocycles. The van der Waals surface area contributed by atoms with E-state index in [0.29, 0.717) is 26.4 Å². The van der Waals surface area contributed by atoms with Crippen LogP contribution in [0.15, 0.2) is 0 Å². The van der Waals surface area contributed by atoms with E-state index in [4.69, 9.17) is 9.47 Å². The summed E-state index contributed by atoms with van der Waals surface area (Å²) in [5, 5.41) is 5.92. The summed E-state index contributed by atoms with van der Waals surface area (Å²) in [6, 6.07) is -0.189. The fourth-order valence-electron chi connectivity index (χ4n) is 1.29. The molecule has 1 saturated heterocycles. The molecule has 0 bridgehead atoms. The van der Waals surface area contributed by atoms with Crippen molar-refractivity contribution in [3.05, 3.63) is 0 Å². The quantitative estimate of drug-likeness (QED) is 0.637. The second-order valence-corrected chi connectivity index (χ2v) is 3.22. The topological polar surface area (TPSA) is 59.6 Å². The molecule has 0 aromatic carbocycles. The lowest BCUT2D eigenvalue weighted by Gasteiger charge is -2.22. The summed E-state index contributed by atoms with van der Waals surface area (Å²) in [6.45, 7) is 3.24. The van der Waals surface area contributed by atoms with E-state index < -0.39 is 0 Å². The number of morpholine rings is 1. The van der Waals surface area contributed by atoms with Crippen LogP contribution in [-0.2, 0) is 14.3 Å². The number of ether oxygens (including phenoxy) is 2. The zero-order valence-electron chi connectivity index (χ0n) is 8.95. The SMILES string of the molecule is COCCCNC(=O)C1COCCN1.Cl. The molecule has 1 fully saturated rings. The van der Waals surface area contributed by atoms with Gasteiger partial charge in [-0.1, -0.05) is 0 Å². The molecule has 0 aliphatic carbocycles. The van der Waals surface area contributed by atoms with Crippen molar-refractivity contribution in [1.29, 1.82) is 0 Å². The fourth-order valence-corrected chi connectivity index (χ4v) is 1.29. The molecule has 90 valence electrons. The van der Waals surface area contributed by atoms with Crippen molar-refractivity contribution < 1.29 is 14.3 Å². The lowest BCUT2D eigenvalue weighted by atomic mass is 10.2. The number of hydrogen-bond donors (Lipinski definition) is 2. The minimum atomic E-state index is -0.189. The summed E-state index contributed by atoms with van der Waals surface area (Å²) < 4.78 is 10.1. The lowest BCUT2D eigenvalue weighted by molar-refractivity contribution is -0.125. The molecular weight excluding hydrogens is 220 g/mol. The molecule has 6 heteroatoms. The molecule has 1 atom stereocenters. The number of nitrogens with one attached hydrogen (secondary N) is 2. The van der Waals surface area contributed by atoms with Gasteiger partial charge in [-0.2, -0.15) is 0 Å². The molecule has 2 N–H and O–H groups in total. The molecule has 1 heterocycles. The van der Waals surface area contributed by atoms with Crippen LogP contribution in [-0.4, -0.2) is 52.0 Å². The molecule has 1 aliphatic rings. The number of hydrogen-bond acceptors (Lipinski definition) is 4. The first kappa shape index (κ1) is 14.6. The summed E-state index contributed by atoms with van der Waals surface area (Å²) in [5.41, 5.74) is 0. The molecule has 15 heavy (non-hydrogen) atoms. The Labute approximate surface area is 96.3 Å². The Morgan fingerprint density at radius 1 is 1.67 bits per heavy atom. The van der Waals surface area contributed by atoms with Crippen LogP contribution >= 0.6 is 12.4 Å². The van der Waals surface area contributed by atoms with Crippen LogP contribution in [0.5, 0.6) is 0 Å². The van der Waals surface area contributed by atoms with E-state index in [1.807, 2.05) is 0 Å².